The Morgan fingerprint density at radius 1 is 1.16 bits per heavy atom. The lowest BCUT2D eigenvalue weighted by molar-refractivity contribution is -0.142. The van der Waals surface area contributed by atoms with Crippen LogP contribution in [0.1, 0.15) is 28.6 Å². The molecule has 8 heteroatoms. The number of fused-ring (bicyclic) bond motifs is 1. The SMILES string of the molecule is COC(=O)[C@H](Cc1ccccc1)NC(=O)N1CCc2[nH]cnc2[C@@H]1c1ccccc1OC. The first-order valence-electron chi connectivity index (χ1n) is 10.5. The molecule has 32 heavy (non-hydrogen) atoms. The Hall–Kier alpha value is -3.81. The Bertz CT molecular complexity index is 1080. The van der Waals surface area contributed by atoms with E-state index in [9.17, 15) is 9.59 Å². The first kappa shape index (κ1) is 21.4. The number of methoxy groups -OCH3 is 2. The normalized spacial score (nSPS) is 16.1. The smallest absolute Gasteiger partial charge is 0.328 e. The lowest BCUT2D eigenvalue weighted by Gasteiger charge is -2.36. The number of aromatic nitrogens is 2. The number of imidazole rings is 1. The number of H-pyrrole nitrogens is 1. The predicted octanol–water partition coefficient (Wildman–Crippen LogP) is 2.86. The van der Waals surface area contributed by atoms with E-state index in [-0.39, 0.29) is 6.03 Å². The number of para-hydroxylation sites is 1. The van der Waals surface area contributed by atoms with Gasteiger partial charge in [0.15, 0.2) is 0 Å². The van der Waals surface area contributed by atoms with E-state index >= 15 is 0 Å². The number of urea groups is 1. The van der Waals surface area contributed by atoms with Crippen LogP contribution in [0.4, 0.5) is 4.79 Å². The van der Waals surface area contributed by atoms with Gasteiger partial charge < -0.3 is 24.7 Å². The largest absolute Gasteiger partial charge is 0.496 e. The molecule has 2 aromatic carbocycles. The maximum Gasteiger partial charge on any atom is 0.328 e. The average Bonchev–Trinajstić information content (AvgIpc) is 3.32. The molecule has 0 spiro atoms. The van der Waals surface area contributed by atoms with Gasteiger partial charge in [-0.2, -0.15) is 0 Å². The topological polar surface area (TPSA) is 96.6 Å². The molecule has 0 saturated carbocycles. The minimum atomic E-state index is -0.811. The molecule has 1 aliphatic rings. The third-order valence-corrected chi connectivity index (χ3v) is 5.69. The lowest BCUT2D eigenvalue weighted by atomic mass is 9.95. The van der Waals surface area contributed by atoms with Crippen LogP contribution >= 0.6 is 0 Å². The number of amides is 2. The van der Waals surface area contributed by atoms with E-state index in [0.29, 0.717) is 25.1 Å². The molecule has 1 aromatic heterocycles. The first-order valence-corrected chi connectivity index (χ1v) is 10.5. The fourth-order valence-electron chi connectivity index (χ4n) is 4.12. The minimum Gasteiger partial charge on any atom is -0.496 e. The molecular weight excluding hydrogens is 408 g/mol. The van der Waals surface area contributed by atoms with Crippen LogP contribution in [0.3, 0.4) is 0 Å². The summed E-state index contributed by atoms with van der Waals surface area (Å²) in [6.07, 6.45) is 2.61. The van der Waals surface area contributed by atoms with Gasteiger partial charge in [0.25, 0.3) is 0 Å². The summed E-state index contributed by atoms with van der Waals surface area (Å²) >= 11 is 0. The monoisotopic (exact) mass is 434 g/mol. The van der Waals surface area contributed by atoms with E-state index in [4.69, 9.17) is 9.47 Å². The van der Waals surface area contributed by atoms with Gasteiger partial charge in [-0.3, -0.25) is 0 Å². The first-order chi connectivity index (χ1) is 15.6. The summed E-state index contributed by atoms with van der Waals surface area (Å²) in [6, 6.07) is 15.5. The van der Waals surface area contributed by atoms with Crippen molar-refractivity contribution in [1.82, 2.24) is 20.2 Å². The van der Waals surface area contributed by atoms with Gasteiger partial charge in [-0.05, 0) is 11.6 Å². The molecule has 3 aromatic rings. The molecule has 0 fully saturated rings. The fourth-order valence-corrected chi connectivity index (χ4v) is 4.12. The van der Waals surface area contributed by atoms with Crippen molar-refractivity contribution >= 4 is 12.0 Å². The molecule has 8 nitrogen and oxygen atoms in total. The highest BCUT2D eigenvalue weighted by molar-refractivity contribution is 5.84. The number of carbonyl (C=O) groups is 2. The zero-order chi connectivity index (χ0) is 22.5. The third-order valence-electron chi connectivity index (χ3n) is 5.69. The van der Waals surface area contributed by atoms with Crippen molar-refractivity contribution in [2.45, 2.75) is 24.9 Å². The Morgan fingerprint density at radius 2 is 1.91 bits per heavy atom. The molecule has 2 amide bonds. The summed E-state index contributed by atoms with van der Waals surface area (Å²) in [6.45, 7) is 0.461. The summed E-state index contributed by atoms with van der Waals surface area (Å²) in [4.78, 5) is 35.3. The minimum absolute atomic E-state index is 0.333. The van der Waals surface area contributed by atoms with Gasteiger partial charge in [-0.25, -0.2) is 14.6 Å². The molecule has 2 heterocycles. The molecule has 1 aliphatic heterocycles. The van der Waals surface area contributed by atoms with E-state index in [1.54, 1.807) is 18.3 Å². The van der Waals surface area contributed by atoms with Gasteiger partial charge in [-0.1, -0.05) is 48.5 Å². The summed E-state index contributed by atoms with van der Waals surface area (Å²) < 4.78 is 10.5. The van der Waals surface area contributed by atoms with Crippen molar-refractivity contribution < 1.29 is 19.1 Å². The van der Waals surface area contributed by atoms with Crippen LogP contribution < -0.4 is 10.1 Å². The number of benzene rings is 2. The summed E-state index contributed by atoms with van der Waals surface area (Å²) in [5.41, 5.74) is 3.51. The van der Waals surface area contributed by atoms with Crippen molar-refractivity contribution in [3.05, 3.63) is 83.4 Å². The number of hydrogen-bond acceptors (Lipinski definition) is 5. The molecular formula is C24H26N4O4. The Kier molecular flexibility index (Phi) is 6.39. The quantitative estimate of drug-likeness (QED) is 0.582. The van der Waals surface area contributed by atoms with Crippen molar-refractivity contribution in [2.24, 2.45) is 0 Å². The number of esters is 1. The highest BCUT2D eigenvalue weighted by Crippen LogP contribution is 2.37. The number of nitrogens with one attached hydrogen (secondary N) is 2. The van der Waals surface area contributed by atoms with Crippen molar-refractivity contribution in [1.29, 1.82) is 0 Å². The Morgan fingerprint density at radius 3 is 2.66 bits per heavy atom. The van der Waals surface area contributed by atoms with Crippen LogP contribution in [0.25, 0.3) is 0 Å². The summed E-state index contributed by atoms with van der Waals surface area (Å²) in [5.74, 6) is 0.175. The second-order valence-corrected chi connectivity index (χ2v) is 7.57. The second kappa shape index (κ2) is 9.55. The summed E-state index contributed by atoms with van der Waals surface area (Å²) in [7, 11) is 2.92. The van der Waals surface area contributed by atoms with E-state index in [1.807, 2.05) is 54.6 Å². The van der Waals surface area contributed by atoms with Crippen LogP contribution in [-0.4, -0.2) is 53.7 Å². The fraction of sp³-hybridized carbons (Fsp3) is 0.292. The molecule has 2 N–H and O–H groups in total. The van der Waals surface area contributed by atoms with Crippen molar-refractivity contribution in [2.75, 3.05) is 20.8 Å². The standard InChI is InChI=1S/C24H26N4O4/c1-31-20-11-7-6-10-17(20)22-21-18(25-15-26-21)12-13-28(22)24(30)27-19(23(29)32-2)14-16-8-4-3-5-9-16/h3-11,15,19,22H,12-14H2,1-2H3,(H,25,26)(H,27,30)/t19-,22-/m0/s1. The number of rotatable bonds is 6. The molecule has 0 unspecified atom stereocenters. The van der Waals surface area contributed by atoms with Gasteiger partial charge in [0.1, 0.15) is 17.8 Å². The Balaban J connectivity index is 1.64. The number of ether oxygens (including phenoxy) is 2. The zero-order valence-electron chi connectivity index (χ0n) is 18.1. The van der Waals surface area contributed by atoms with Gasteiger partial charge in [0, 0.05) is 30.6 Å². The number of hydrogen-bond donors (Lipinski definition) is 2. The van der Waals surface area contributed by atoms with Gasteiger partial charge in [-0.15, -0.1) is 0 Å². The third kappa shape index (κ3) is 4.30. The van der Waals surface area contributed by atoms with Crippen LogP contribution in [0.5, 0.6) is 5.75 Å². The molecule has 4 rings (SSSR count). The second-order valence-electron chi connectivity index (χ2n) is 7.57. The predicted molar refractivity (Wildman–Crippen MR) is 118 cm³/mol. The highest BCUT2D eigenvalue weighted by Gasteiger charge is 2.37. The van der Waals surface area contributed by atoms with Crippen LogP contribution in [-0.2, 0) is 22.4 Å². The van der Waals surface area contributed by atoms with Crippen LogP contribution in [0.2, 0.25) is 0 Å². The maximum absolute atomic E-state index is 13.5. The van der Waals surface area contributed by atoms with E-state index in [1.165, 1.54) is 7.11 Å². The maximum atomic E-state index is 13.5. The molecule has 2 atom stereocenters. The number of carbonyl (C=O) groups excluding carboxylic acids is 2. The van der Waals surface area contributed by atoms with Gasteiger partial charge >= 0.3 is 12.0 Å². The average molecular weight is 434 g/mol. The Labute approximate surface area is 186 Å². The number of nitrogens with zero attached hydrogens (tertiary/aromatic N) is 2. The van der Waals surface area contributed by atoms with E-state index in [2.05, 4.69) is 15.3 Å². The van der Waals surface area contributed by atoms with Crippen LogP contribution in [0, 0.1) is 0 Å². The van der Waals surface area contributed by atoms with Crippen molar-refractivity contribution in [3.8, 4) is 5.75 Å². The molecule has 0 radical (unpaired) electrons. The van der Waals surface area contributed by atoms with Gasteiger partial charge in [0.2, 0.25) is 0 Å². The lowest BCUT2D eigenvalue weighted by Crippen LogP contribution is -2.52. The number of aromatic amines is 1. The van der Waals surface area contributed by atoms with Crippen molar-refractivity contribution in [3.63, 3.8) is 0 Å². The summed E-state index contributed by atoms with van der Waals surface area (Å²) in [5, 5.41) is 2.88. The van der Waals surface area contributed by atoms with Gasteiger partial charge in [0.05, 0.1) is 26.2 Å². The highest BCUT2D eigenvalue weighted by atomic mass is 16.5. The van der Waals surface area contributed by atoms with E-state index < -0.39 is 18.1 Å². The zero-order valence-corrected chi connectivity index (χ0v) is 18.1. The molecule has 0 aliphatic carbocycles. The van der Waals surface area contributed by atoms with E-state index in [0.717, 1.165) is 22.5 Å². The molecule has 0 bridgehead atoms. The van der Waals surface area contributed by atoms with Crippen LogP contribution in [0.15, 0.2) is 60.9 Å². The molecule has 0 saturated heterocycles. The molecule has 166 valence electrons.